The molecule has 0 heterocycles. The van der Waals surface area contributed by atoms with Gasteiger partial charge in [0.25, 0.3) is 0 Å². The van der Waals surface area contributed by atoms with E-state index >= 15 is 0 Å². The maximum Gasteiger partial charge on any atom is 0.237 e. The fourth-order valence-corrected chi connectivity index (χ4v) is 1.72. The number of carbonyl (C=O) groups is 1. The molecule has 1 rings (SSSR count). The van der Waals surface area contributed by atoms with Gasteiger partial charge in [-0.3, -0.25) is 4.79 Å². The van der Waals surface area contributed by atoms with Crippen LogP contribution < -0.4 is 0 Å². The molecule has 0 aliphatic rings. The summed E-state index contributed by atoms with van der Waals surface area (Å²) in [4.78, 5) is 12.6. The van der Waals surface area contributed by atoms with Gasteiger partial charge >= 0.3 is 0 Å². The molecule has 0 radical (unpaired) electrons. The minimum absolute atomic E-state index is 0.0911. The second kappa shape index (κ2) is 5.47. The number of amides is 1. The van der Waals surface area contributed by atoms with Crippen LogP contribution in [0.4, 0.5) is 4.39 Å². The van der Waals surface area contributed by atoms with Gasteiger partial charge in [-0.2, -0.15) is 0 Å². The summed E-state index contributed by atoms with van der Waals surface area (Å²) in [6.45, 7) is 0.219. The number of benzene rings is 1. The van der Waals surface area contributed by atoms with E-state index in [1.54, 1.807) is 19.2 Å². The van der Waals surface area contributed by atoms with Gasteiger partial charge in [-0.25, -0.2) is 4.39 Å². The highest BCUT2D eigenvalue weighted by Gasteiger charge is 2.10. The number of carbonyl (C=O) groups excluding carboxylic acids is 1. The lowest BCUT2D eigenvalue weighted by molar-refractivity contribution is -0.127. The quantitative estimate of drug-likeness (QED) is 0.785. The van der Waals surface area contributed by atoms with Crippen LogP contribution in [-0.4, -0.2) is 23.7 Å². The molecule has 0 saturated carbocycles. The van der Waals surface area contributed by atoms with Crippen molar-refractivity contribution in [3.8, 4) is 0 Å². The largest absolute Gasteiger partial charge is 0.340 e. The molecule has 0 aromatic heterocycles. The second-order valence-corrected chi connectivity index (χ2v) is 4.30. The molecule has 82 valence electrons. The van der Waals surface area contributed by atoms with Gasteiger partial charge < -0.3 is 4.90 Å². The molecule has 0 spiro atoms. The van der Waals surface area contributed by atoms with E-state index in [1.165, 1.54) is 11.0 Å². The molecule has 0 N–H and O–H groups in total. The summed E-state index contributed by atoms with van der Waals surface area (Å²) < 4.78 is 14.1. The highest BCUT2D eigenvalue weighted by atomic mass is 79.9. The average molecular weight is 295 g/mol. The van der Waals surface area contributed by atoms with Crippen molar-refractivity contribution in [2.75, 3.05) is 12.9 Å². The van der Waals surface area contributed by atoms with Gasteiger partial charge in [0, 0.05) is 23.6 Å². The maximum absolute atomic E-state index is 13.3. The number of halogens is 3. The van der Waals surface area contributed by atoms with Crippen molar-refractivity contribution in [2.24, 2.45) is 0 Å². The molecule has 1 aromatic carbocycles. The Balaban J connectivity index is 2.80. The highest BCUT2D eigenvalue weighted by molar-refractivity contribution is 9.10. The Morgan fingerprint density at radius 2 is 2.27 bits per heavy atom. The zero-order chi connectivity index (χ0) is 11.4. The van der Waals surface area contributed by atoms with Crippen LogP contribution in [0.1, 0.15) is 5.56 Å². The standard InChI is InChI=1S/C10H10BrClFNO/c1-14(10(15)5-12)6-7-4-8(11)2-3-9(7)13/h2-4H,5-6H2,1H3. The number of alkyl halides is 1. The molecule has 0 aliphatic heterocycles. The van der Waals surface area contributed by atoms with Gasteiger partial charge in [0.05, 0.1) is 0 Å². The third-order valence-corrected chi connectivity index (χ3v) is 2.68. The molecule has 5 heteroatoms. The van der Waals surface area contributed by atoms with Crippen LogP contribution in [0, 0.1) is 5.82 Å². The lowest BCUT2D eigenvalue weighted by atomic mass is 10.2. The Hall–Kier alpha value is -0.610. The minimum Gasteiger partial charge on any atom is -0.340 e. The Kier molecular flexibility index (Phi) is 4.54. The van der Waals surface area contributed by atoms with Crippen LogP contribution in [0.2, 0.25) is 0 Å². The Labute approximate surface area is 101 Å². The van der Waals surface area contributed by atoms with Crippen molar-refractivity contribution in [3.05, 3.63) is 34.1 Å². The smallest absolute Gasteiger partial charge is 0.237 e. The van der Waals surface area contributed by atoms with E-state index in [9.17, 15) is 9.18 Å². The summed E-state index contributed by atoms with van der Waals surface area (Å²) in [5.74, 6) is -0.643. The van der Waals surface area contributed by atoms with E-state index in [4.69, 9.17) is 11.6 Å². The summed E-state index contributed by atoms with van der Waals surface area (Å²) in [5, 5.41) is 0. The molecular formula is C10H10BrClFNO. The average Bonchev–Trinajstić information content (AvgIpc) is 2.22. The molecule has 0 atom stereocenters. The lowest BCUT2D eigenvalue weighted by Gasteiger charge is -2.16. The normalized spacial score (nSPS) is 10.1. The summed E-state index contributed by atoms with van der Waals surface area (Å²) in [6, 6.07) is 4.62. The topological polar surface area (TPSA) is 20.3 Å². The van der Waals surface area contributed by atoms with Crippen molar-refractivity contribution in [3.63, 3.8) is 0 Å². The summed E-state index contributed by atoms with van der Waals surface area (Å²) >= 11 is 8.63. The van der Waals surface area contributed by atoms with Crippen LogP contribution in [0.5, 0.6) is 0 Å². The van der Waals surface area contributed by atoms with E-state index in [2.05, 4.69) is 15.9 Å². The lowest BCUT2D eigenvalue weighted by Crippen LogP contribution is -2.27. The van der Waals surface area contributed by atoms with Crippen LogP contribution in [0.3, 0.4) is 0 Å². The predicted molar refractivity (Wildman–Crippen MR) is 61.3 cm³/mol. The van der Waals surface area contributed by atoms with Gasteiger partial charge in [0.2, 0.25) is 5.91 Å². The second-order valence-electron chi connectivity index (χ2n) is 3.12. The van der Waals surface area contributed by atoms with Gasteiger partial charge in [0.1, 0.15) is 11.7 Å². The van der Waals surface area contributed by atoms with E-state index in [1.807, 2.05) is 0 Å². The third kappa shape index (κ3) is 3.47. The molecule has 0 unspecified atom stereocenters. The van der Waals surface area contributed by atoms with Gasteiger partial charge in [0.15, 0.2) is 0 Å². The van der Waals surface area contributed by atoms with E-state index in [0.717, 1.165) is 4.47 Å². The van der Waals surface area contributed by atoms with Crippen LogP contribution in [0.25, 0.3) is 0 Å². The fraction of sp³-hybridized carbons (Fsp3) is 0.300. The molecule has 1 amide bonds. The summed E-state index contributed by atoms with van der Waals surface area (Å²) in [7, 11) is 1.59. The number of hydrogen-bond acceptors (Lipinski definition) is 1. The summed E-state index contributed by atoms with van der Waals surface area (Å²) in [5.41, 5.74) is 0.463. The first-order valence-corrected chi connectivity index (χ1v) is 5.61. The maximum atomic E-state index is 13.3. The van der Waals surface area contributed by atoms with Crippen molar-refractivity contribution in [1.82, 2.24) is 4.90 Å². The zero-order valence-electron chi connectivity index (χ0n) is 8.14. The first-order chi connectivity index (χ1) is 7.04. The minimum atomic E-state index is -0.326. The van der Waals surface area contributed by atoms with E-state index in [0.29, 0.717) is 5.56 Å². The van der Waals surface area contributed by atoms with Crippen LogP contribution in [0.15, 0.2) is 22.7 Å². The molecule has 0 fully saturated rings. The van der Waals surface area contributed by atoms with Crippen LogP contribution in [-0.2, 0) is 11.3 Å². The molecule has 1 aromatic rings. The molecule has 0 saturated heterocycles. The summed E-state index contributed by atoms with van der Waals surface area (Å²) in [6.07, 6.45) is 0. The SMILES string of the molecule is CN(Cc1cc(Br)ccc1F)C(=O)CCl. The molecule has 0 aliphatic carbocycles. The third-order valence-electron chi connectivity index (χ3n) is 1.96. The van der Waals surface area contributed by atoms with Crippen LogP contribution >= 0.6 is 27.5 Å². The first kappa shape index (κ1) is 12.5. The van der Waals surface area contributed by atoms with E-state index in [-0.39, 0.29) is 24.1 Å². The zero-order valence-corrected chi connectivity index (χ0v) is 10.5. The number of rotatable bonds is 3. The number of hydrogen-bond donors (Lipinski definition) is 0. The Morgan fingerprint density at radius 1 is 1.60 bits per heavy atom. The van der Waals surface area contributed by atoms with Crippen molar-refractivity contribution < 1.29 is 9.18 Å². The molecule has 15 heavy (non-hydrogen) atoms. The predicted octanol–water partition coefficient (Wildman–Crippen LogP) is 2.79. The highest BCUT2D eigenvalue weighted by Crippen LogP contribution is 2.16. The first-order valence-electron chi connectivity index (χ1n) is 4.28. The van der Waals surface area contributed by atoms with Gasteiger partial charge in [-0.05, 0) is 18.2 Å². The Bertz CT molecular complexity index is 372. The molecule has 2 nitrogen and oxygen atoms in total. The number of nitrogens with zero attached hydrogens (tertiary/aromatic N) is 1. The Morgan fingerprint density at radius 3 is 2.87 bits per heavy atom. The van der Waals surface area contributed by atoms with Crippen molar-refractivity contribution >= 4 is 33.4 Å². The molecule has 0 bridgehead atoms. The van der Waals surface area contributed by atoms with Crippen molar-refractivity contribution in [1.29, 1.82) is 0 Å². The van der Waals surface area contributed by atoms with Gasteiger partial charge in [-0.15, -0.1) is 11.6 Å². The van der Waals surface area contributed by atoms with E-state index < -0.39 is 0 Å². The van der Waals surface area contributed by atoms with Crippen molar-refractivity contribution in [2.45, 2.75) is 6.54 Å². The molecular weight excluding hydrogens is 284 g/mol. The fourth-order valence-electron chi connectivity index (χ4n) is 1.11. The monoisotopic (exact) mass is 293 g/mol. The van der Waals surface area contributed by atoms with Gasteiger partial charge in [-0.1, -0.05) is 15.9 Å².